The Kier molecular flexibility index (Phi) is 4.89. The highest BCUT2D eigenvalue weighted by molar-refractivity contribution is 9.10. The molecule has 14 heavy (non-hydrogen) atoms. The summed E-state index contributed by atoms with van der Waals surface area (Å²) in [7, 11) is 0. The van der Waals surface area contributed by atoms with Gasteiger partial charge >= 0.3 is 0 Å². The molecule has 1 saturated carbocycles. The minimum absolute atomic E-state index is 0.0434. The maximum atomic E-state index is 11.5. The van der Waals surface area contributed by atoms with Crippen molar-refractivity contribution in [3.8, 4) is 0 Å². The van der Waals surface area contributed by atoms with E-state index in [1.54, 1.807) is 0 Å². The number of nitrogens with two attached hydrogens (primary N) is 1. The van der Waals surface area contributed by atoms with E-state index in [0.717, 1.165) is 32.1 Å². The van der Waals surface area contributed by atoms with Crippen LogP contribution in [0, 0.1) is 0 Å². The van der Waals surface area contributed by atoms with Gasteiger partial charge in [0, 0.05) is 12.1 Å². The Morgan fingerprint density at radius 1 is 1.50 bits per heavy atom. The number of amides is 1. The molecule has 0 radical (unpaired) electrons. The van der Waals surface area contributed by atoms with Gasteiger partial charge in [-0.15, -0.1) is 0 Å². The first kappa shape index (κ1) is 12.0. The van der Waals surface area contributed by atoms with E-state index in [0.29, 0.717) is 12.1 Å². The van der Waals surface area contributed by atoms with E-state index in [9.17, 15) is 4.79 Å². The van der Waals surface area contributed by atoms with Crippen LogP contribution >= 0.6 is 15.9 Å². The first-order valence-corrected chi connectivity index (χ1v) is 6.25. The Morgan fingerprint density at radius 3 is 2.57 bits per heavy atom. The summed E-state index contributed by atoms with van der Waals surface area (Å²) in [6, 6.07) is 0.683. The molecule has 82 valence electrons. The Morgan fingerprint density at radius 2 is 2.07 bits per heavy atom. The summed E-state index contributed by atoms with van der Waals surface area (Å²) in [6.45, 7) is 2.00. The molecular formula is C10H19BrN2O. The Hall–Kier alpha value is -0.0900. The molecule has 3 nitrogen and oxygen atoms in total. The average molecular weight is 263 g/mol. The van der Waals surface area contributed by atoms with Gasteiger partial charge in [-0.2, -0.15) is 0 Å². The monoisotopic (exact) mass is 262 g/mol. The summed E-state index contributed by atoms with van der Waals surface area (Å²) in [6.07, 6.45) is 4.94. The van der Waals surface area contributed by atoms with Crippen molar-refractivity contribution >= 4 is 21.8 Å². The van der Waals surface area contributed by atoms with Gasteiger partial charge in [0.25, 0.3) is 0 Å². The molecule has 1 atom stereocenters. The van der Waals surface area contributed by atoms with Crippen molar-refractivity contribution in [1.29, 1.82) is 0 Å². The molecular weight excluding hydrogens is 244 g/mol. The zero-order chi connectivity index (χ0) is 10.6. The van der Waals surface area contributed by atoms with Gasteiger partial charge in [0.1, 0.15) is 0 Å². The predicted molar refractivity (Wildman–Crippen MR) is 61.4 cm³/mol. The van der Waals surface area contributed by atoms with Gasteiger partial charge in [0.15, 0.2) is 0 Å². The highest BCUT2D eigenvalue weighted by Gasteiger charge is 2.22. The highest BCUT2D eigenvalue weighted by atomic mass is 79.9. The average Bonchev–Trinajstić information content (AvgIpc) is 2.20. The zero-order valence-electron chi connectivity index (χ0n) is 8.63. The maximum Gasteiger partial charge on any atom is 0.233 e. The lowest BCUT2D eigenvalue weighted by Crippen LogP contribution is -2.43. The third-order valence-electron chi connectivity index (χ3n) is 2.76. The molecule has 1 fully saturated rings. The van der Waals surface area contributed by atoms with Crippen molar-refractivity contribution in [2.75, 3.05) is 0 Å². The Labute approximate surface area is 93.9 Å². The number of carbonyl (C=O) groups excluding carboxylic acids is 1. The molecule has 0 heterocycles. The minimum atomic E-state index is -0.0434. The van der Waals surface area contributed by atoms with Crippen molar-refractivity contribution in [3.63, 3.8) is 0 Å². The van der Waals surface area contributed by atoms with Gasteiger partial charge in [-0.1, -0.05) is 22.9 Å². The fourth-order valence-electron chi connectivity index (χ4n) is 1.74. The van der Waals surface area contributed by atoms with Gasteiger partial charge in [0.2, 0.25) is 5.91 Å². The highest BCUT2D eigenvalue weighted by Crippen LogP contribution is 2.17. The smallest absolute Gasteiger partial charge is 0.233 e. The molecule has 1 rings (SSSR count). The first-order valence-electron chi connectivity index (χ1n) is 5.33. The molecule has 0 bridgehead atoms. The van der Waals surface area contributed by atoms with Crippen LogP contribution in [0.3, 0.4) is 0 Å². The second-order valence-electron chi connectivity index (χ2n) is 4.00. The number of hydrogen-bond donors (Lipinski definition) is 2. The molecule has 1 aliphatic carbocycles. The molecule has 0 aromatic carbocycles. The molecule has 0 aromatic rings. The Bertz CT molecular complexity index is 191. The van der Waals surface area contributed by atoms with Gasteiger partial charge < -0.3 is 11.1 Å². The van der Waals surface area contributed by atoms with Gasteiger partial charge in [-0.3, -0.25) is 4.79 Å². The lowest BCUT2D eigenvalue weighted by Gasteiger charge is -2.27. The normalized spacial score (nSPS) is 29.6. The number of carbonyl (C=O) groups is 1. The second kappa shape index (κ2) is 5.71. The van der Waals surface area contributed by atoms with Gasteiger partial charge in [-0.05, 0) is 32.1 Å². The fourth-order valence-corrected chi connectivity index (χ4v) is 1.87. The van der Waals surface area contributed by atoms with Gasteiger partial charge in [0.05, 0.1) is 4.83 Å². The zero-order valence-corrected chi connectivity index (χ0v) is 10.2. The van der Waals surface area contributed by atoms with Gasteiger partial charge in [-0.25, -0.2) is 0 Å². The number of rotatable bonds is 3. The molecule has 0 saturated heterocycles. The fraction of sp³-hybridized carbons (Fsp3) is 0.900. The summed E-state index contributed by atoms with van der Waals surface area (Å²) in [5.41, 5.74) is 5.79. The SMILES string of the molecule is CCC(Br)C(=O)NC1CCC(N)CC1. The predicted octanol–water partition coefficient (Wildman–Crippen LogP) is 1.55. The summed E-state index contributed by atoms with van der Waals surface area (Å²) in [5, 5.41) is 3.05. The van der Waals surface area contributed by atoms with Crippen molar-refractivity contribution in [1.82, 2.24) is 5.32 Å². The lowest BCUT2D eigenvalue weighted by molar-refractivity contribution is -0.121. The lowest BCUT2D eigenvalue weighted by atomic mass is 9.92. The number of alkyl halides is 1. The molecule has 0 aliphatic heterocycles. The van der Waals surface area contributed by atoms with E-state index in [4.69, 9.17) is 5.73 Å². The summed E-state index contributed by atoms with van der Waals surface area (Å²) in [4.78, 5) is 11.5. The second-order valence-corrected chi connectivity index (χ2v) is 5.10. The van der Waals surface area contributed by atoms with E-state index in [1.165, 1.54) is 0 Å². The van der Waals surface area contributed by atoms with E-state index in [1.807, 2.05) is 6.92 Å². The van der Waals surface area contributed by atoms with Crippen LogP contribution in [0.4, 0.5) is 0 Å². The number of nitrogens with one attached hydrogen (secondary N) is 1. The molecule has 1 amide bonds. The first-order chi connectivity index (χ1) is 6.63. The summed E-state index contributed by atoms with van der Waals surface area (Å²) < 4.78 is 0. The van der Waals surface area contributed by atoms with E-state index in [-0.39, 0.29) is 10.7 Å². The van der Waals surface area contributed by atoms with Crippen LogP contribution in [0.5, 0.6) is 0 Å². The van der Waals surface area contributed by atoms with E-state index < -0.39 is 0 Å². The summed E-state index contributed by atoms with van der Waals surface area (Å²) >= 11 is 3.34. The van der Waals surface area contributed by atoms with Crippen LogP contribution < -0.4 is 11.1 Å². The van der Waals surface area contributed by atoms with Crippen LogP contribution in [0.15, 0.2) is 0 Å². The molecule has 1 aliphatic rings. The van der Waals surface area contributed by atoms with Crippen LogP contribution in [0.2, 0.25) is 0 Å². The minimum Gasteiger partial charge on any atom is -0.352 e. The number of hydrogen-bond acceptors (Lipinski definition) is 2. The molecule has 1 unspecified atom stereocenters. The van der Waals surface area contributed by atoms with Crippen molar-refractivity contribution in [2.45, 2.75) is 55.9 Å². The Balaban J connectivity index is 2.27. The largest absolute Gasteiger partial charge is 0.352 e. The quantitative estimate of drug-likeness (QED) is 0.759. The van der Waals surface area contributed by atoms with Crippen LogP contribution in [-0.2, 0) is 4.79 Å². The standard InChI is InChI=1S/C10H19BrN2O/c1-2-9(11)10(14)13-8-5-3-7(12)4-6-8/h7-9H,2-6,12H2,1H3,(H,13,14). The van der Waals surface area contributed by atoms with Crippen molar-refractivity contribution in [3.05, 3.63) is 0 Å². The third-order valence-corrected chi connectivity index (χ3v) is 3.82. The maximum absolute atomic E-state index is 11.5. The van der Waals surface area contributed by atoms with E-state index in [2.05, 4.69) is 21.2 Å². The third kappa shape index (κ3) is 3.58. The van der Waals surface area contributed by atoms with Crippen LogP contribution in [0.25, 0.3) is 0 Å². The molecule has 0 aromatic heterocycles. The molecule has 4 heteroatoms. The number of halogens is 1. The van der Waals surface area contributed by atoms with Crippen molar-refractivity contribution in [2.24, 2.45) is 5.73 Å². The van der Waals surface area contributed by atoms with Crippen LogP contribution in [0.1, 0.15) is 39.0 Å². The van der Waals surface area contributed by atoms with E-state index >= 15 is 0 Å². The topological polar surface area (TPSA) is 55.1 Å². The molecule has 0 spiro atoms. The summed E-state index contributed by atoms with van der Waals surface area (Å²) in [5.74, 6) is 0.118. The molecule has 3 N–H and O–H groups in total. The van der Waals surface area contributed by atoms with Crippen LogP contribution in [-0.4, -0.2) is 22.8 Å². The van der Waals surface area contributed by atoms with Crippen molar-refractivity contribution < 1.29 is 4.79 Å².